The average Bonchev–Trinajstić information content (AvgIpc) is 3.19. The molecular formula is C19H20N8. The molecule has 8 heteroatoms. The van der Waals surface area contributed by atoms with E-state index in [1.807, 2.05) is 30.0 Å². The SMILES string of the molecule is Cn1nnc2ccc(-c3ccn4nc(NC5CC6(CNC6)C5)ncc34)cc21. The second-order valence-electron chi connectivity index (χ2n) is 7.91. The van der Waals surface area contributed by atoms with Crippen LogP contribution in [0.2, 0.25) is 0 Å². The third-order valence-corrected chi connectivity index (χ3v) is 6.03. The van der Waals surface area contributed by atoms with Gasteiger partial charge in [0, 0.05) is 37.9 Å². The number of hydrogen-bond acceptors (Lipinski definition) is 6. The molecule has 1 aromatic carbocycles. The largest absolute Gasteiger partial charge is 0.350 e. The van der Waals surface area contributed by atoms with Gasteiger partial charge in [-0.05, 0) is 42.0 Å². The maximum Gasteiger partial charge on any atom is 0.241 e. The van der Waals surface area contributed by atoms with Crippen molar-refractivity contribution >= 4 is 22.5 Å². The topological polar surface area (TPSA) is 85.0 Å². The first-order valence-corrected chi connectivity index (χ1v) is 9.31. The highest BCUT2D eigenvalue weighted by Gasteiger charge is 2.48. The molecule has 136 valence electrons. The number of aromatic nitrogens is 6. The zero-order valence-electron chi connectivity index (χ0n) is 15.1. The predicted octanol–water partition coefficient (Wildman–Crippen LogP) is 1.84. The van der Waals surface area contributed by atoms with Crippen molar-refractivity contribution in [3.63, 3.8) is 0 Å². The summed E-state index contributed by atoms with van der Waals surface area (Å²) in [5, 5.41) is 19.7. The van der Waals surface area contributed by atoms with E-state index in [-0.39, 0.29) is 0 Å². The highest BCUT2D eigenvalue weighted by molar-refractivity contribution is 5.87. The number of hydrogen-bond donors (Lipinski definition) is 2. The summed E-state index contributed by atoms with van der Waals surface area (Å²) in [7, 11) is 1.91. The molecule has 3 aromatic heterocycles. The van der Waals surface area contributed by atoms with Gasteiger partial charge >= 0.3 is 0 Å². The van der Waals surface area contributed by atoms with Crippen LogP contribution in [0.15, 0.2) is 36.7 Å². The van der Waals surface area contributed by atoms with Gasteiger partial charge in [-0.25, -0.2) is 14.2 Å². The smallest absolute Gasteiger partial charge is 0.241 e. The fourth-order valence-corrected chi connectivity index (χ4v) is 4.45. The summed E-state index contributed by atoms with van der Waals surface area (Å²) in [6, 6.07) is 8.74. The molecule has 1 aliphatic carbocycles. The molecular weight excluding hydrogens is 340 g/mol. The first-order chi connectivity index (χ1) is 13.2. The van der Waals surface area contributed by atoms with Crippen molar-refractivity contribution < 1.29 is 0 Å². The van der Waals surface area contributed by atoms with Gasteiger partial charge in [-0.3, -0.25) is 0 Å². The van der Waals surface area contributed by atoms with E-state index in [4.69, 9.17) is 0 Å². The van der Waals surface area contributed by atoms with Crippen LogP contribution >= 0.6 is 0 Å². The lowest BCUT2D eigenvalue weighted by atomic mass is 9.62. The Morgan fingerprint density at radius 2 is 2.07 bits per heavy atom. The van der Waals surface area contributed by atoms with Gasteiger partial charge in [-0.1, -0.05) is 11.3 Å². The lowest BCUT2D eigenvalue weighted by molar-refractivity contribution is 0.0467. The van der Waals surface area contributed by atoms with E-state index >= 15 is 0 Å². The summed E-state index contributed by atoms with van der Waals surface area (Å²) < 4.78 is 3.69. The Morgan fingerprint density at radius 3 is 2.89 bits per heavy atom. The molecule has 27 heavy (non-hydrogen) atoms. The molecule has 0 bridgehead atoms. The first kappa shape index (κ1) is 15.1. The van der Waals surface area contributed by atoms with Crippen molar-refractivity contribution in [2.45, 2.75) is 18.9 Å². The number of nitrogens with zero attached hydrogens (tertiary/aromatic N) is 6. The first-order valence-electron chi connectivity index (χ1n) is 9.31. The van der Waals surface area contributed by atoms with Gasteiger partial charge in [0.05, 0.1) is 17.2 Å². The fraction of sp³-hybridized carbons (Fsp3) is 0.368. The predicted molar refractivity (Wildman–Crippen MR) is 102 cm³/mol. The normalized spacial score (nSPS) is 18.7. The summed E-state index contributed by atoms with van der Waals surface area (Å²) in [5.41, 5.74) is 5.65. The van der Waals surface area contributed by atoms with Crippen molar-refractivity contribution in [3.05, 3.63) is 36.7 Å². The van der Waals surface area contributed by atoms with Crippen LogP contribution in [0.25, 0.3) is 27.7 Å². The number of benzene rings is 1. The lowest BCUT2D eigenvalue weighted by Crippen LogP contribution is -2.63. The molecule has 6 rings (SSSR count). The molecule has 1 saturated carbocycles. The lowest BCUT2D eigenvalue weighted by Gasteiger charge is -2.54. The molecule has 2 fully saturated rings. The minimum absolute atomic E-state index is 0.485. The number of fused-ring (bicyclic) bond motifs is 2. The molecule has 8 nitrogen and oxygen atoms in total. The minimum atomic E-state index is 0.485. The Kier molecular flexibility index (Phi) is 2.94. The van der Waals surface area contributed by atoms with Gasteiger partial charge in [0.15, 0.2) is 0 Å². The van der Waals surface area contributed by atoms with E-state index in [1.165, 1.54) is 12.8 Å². The van der Waals surface area contributed by atoms with E-state index in [2.05, 4.69) is 49.2 Å². The van der Waals surface area contributed by atoms with Crippen molar-refractivity contribution in [3.8, 4) is 11.1 Å². The van der Waals surface area contributed by atoms with Crippen LogP contribution in [0.3, 0.4) is 0 Å². The Morgan fingerprint density at radius 1 is 1.19 bits per heavy atom. The summed E-state index contributed by atoms with van der Waals surface area (Å²) in [6.07, 6.45) is 6.30. The number of rotatable bonds is 3. The number of nitrogens with one attached hydrogen (secondary N) is 2. The molecule has 1 saturated heterocycles. The minimum Gasteiger partial charge on any atom is -0.350 e. The van der Waals surface area contributed by atoms with Gasteiger partial charge < -0.3 is 10.6 Å². The maximum absolute atomic E-state index is 4.65. The highest BCUT2D eigenvalue weighted by atomic mass is 15.4. The molecule has 1 aliphatic heterocycles. The van der Waals surface area contributed by atoms with Gasteiger partial charge in [-0.2, -0.15) is 0 Å². The Hall–Kier alpha value is -3.00. The third-order valence-electron chi connectivity index (χ3n) is 6.03. The van der Waals surface area contributed by atoms with E-state index in [0.29, 0.717) is 17.4 Å². The standard InChI is InChI=1S/C19H20N8/c1-26-16-6-12(2-3-15(16)23-25-26)14-4-5-27-17(14)9-21-18(24-27)22-13-7-19(8-13)10-20-11-19/h2-6,9,13,20H,7-8,10-11H2,1H3,(H,22,24). The quantitative estimate of drug-likeness (QED) is 0.580. The second kappa shape index (κ2) is 5.26. The molecule has 0 amide bonds. The Labute approximate surface area is 155 Å². The van der Waals surface area contributed by atoms with Gasteiger partial charge in [0.1, 0.15) is 5.52 Å². The Balaban J connectivity index is 1.30. The molecule has 0 atom stereocenters. The molecule has 0 radical (unpaired) electrons. The van der Waals surface area contributed by atoms with Gasteiger partial charge in [0.2, 0.25) is 5.95 Å². The Bertz CT molecular complexity index is 1160. The molecule has 0 unspecified atom stereocenters. The van der Waals surface area contributed by atoms with E-state index in [0.717, 1.165) is 40.8 Å². The van der Waals surface area contributed by atoms with Crippen molar-refractivity contribution in [1.82, 2.24) is 34.9 Å². The summed E-state index contributed by atoms with van der Waals surface area (Å²) in [4.78, 5) is 4.56. The highest BCUT2D eigenvalue weighted by Crippen LogP contribution is 2.45. The summed E-state index contributed by atoms with van der Waals surface area (Å²) >= 11 is 0. The van der Waals surface area contributed by atoms with E-state index in [1.54, 1.807) is 4.68 Å². The van der Waals surface area contributed by atoms with Gasteiger partial charge in [0.25, 0.3) is 0 Å². The van der Waals surface area contributed by atoms with Crippen LogP contribution in [0.4, 0.5) is 5.95 Å². The fourth-order valence-electron chi connectivity index (χ4n) is 4.45. The van der Waals surface area contributed by atoms with Crippen molar-refractivity contribution in [2.75, 3.05) is 18.4 Å². The summed E-state index contributed by atoms with van der Waals surface area (Å²) in [5.74, 6) is 0.697. The zero-order valence-corrected chi connectivity index (χ0v) is 15.1. The van der Waals surface area contributed by atoms with Gasteiger partial charge in [-0.15, -0.1) is 10.2 Å². The van der Waals surface area contributed by atoms with Crippen LogP contribution in [-0.4, -0.2) is 48.7 Å². The summed E-state index contributed by atoms with van der Waals surface area (Å²) in [6.45, 7) is 2.31. The molecule has 2 aliphatic rings. The van der Waals surface area contributed by atoms with Crippen molar-refractivity contribution in [2.24, 2.45) is 12.5 Å². The number of anilines is 1. The molecule has 1 spiro atoms. The third kappa shape index (κ3) is 2.26. The van der Waals surface area contributed by atoms with Crippen LogP contribution in [0, 0.1) is 5.41 Å². The van der Waals surface area contributed by atoms with Crippen molar-refractivity contribution in [1.29, 1.82) is 0 Å². The van der Waals surface area contributed by atoms with Crippen LogP contribution in [0.5, 0.6) is 0 Å². The van der Waals surface area contributed by atoms with Crippen LogP contribution in [-0.2, 0) is 7.05 Å². The van der Waals surface area contributed by atoms with Crippen LogP contribution in [0.1, 0.15) is 12.8 Å². The zero-order chi connectivity index (χ0) is 18.0. The monoisotopic (exact) mass is 360 g/mol. The van der Waals surface area contributed by atoms with E-state index < -0.39 is 0 Å². The molecule has 4 aromatic rings. The maximum atomic E-state index is 4.65. The molecule has 2 N–H and O–H groups in total. The van der Waals surface area contributed by atoms with E-state index in [9.17, 15) is 0 Å². The average molecular weight is 360 g/mol. The van der Waals surface area contributed by atoms with Crippen LogP contribution < -0.4 is 10.6 Å². The second-order valence-corrected chi connectivity index (χ2v) is 7.91. The number of aryl methyl sites for hydroxylation is 1. The molecule has 4 heterocycles.